The van der Waals surface area contributed by atoms with E-state index in [9.17, 15) is 9.90 Å². The number of aliphatic hydroxyl groups is 1. The zero-order valence-electron chi connectivity index (χ0n) is 23.2. The highest BCUT2D eigenvalue weighted by Gasteiger charge is 2.67. The van der Waals surface area contributed by atoms with E-state index in [0.29, 0.717) is 41.3 Å². The number of esters is 1. The molecule has 6 heteroatoms. The number of ether oxygens (including phenoxy) is 2. The van der Waals surface area contributed by atoms with E-state index in [1.165, 1.54) is 0 Å². The summed E-state index contributed by atoms with van der Waals surface area (Å²) in [6.45, 7) is 20.4. The Kier molecular flexibility index (Phi) is 7.29. The van der Waals surface area contributed by atoms with Crippen LogP contribution in [0.2, 0.25) is 16.6 Å². The summed E-state index contributed by atoms with van der Waals surface area (Å²) in [7, 11) is -2.05. The van der Waals surface area contributed by atoms with Gasteiger partial charge >= 0.3 is 5.97 Å². The third kappa shape index (κ3) is 4.30. The SMILES string of the molecule is CC(C)[Si](OC[C@@]1(C)[C@H]2CC[C@@]3(CO3)[C@@H](/C=C/C3=CCOC3=O)[C@]2(C)CC[C@H]1O)(C(C)C)C(C)C. The molecular formula is C29H48O5Si. The maximum atomic E-state index is 12.1. The maximum Gasteiger partial charge on any atom is 0.338 e. The fourth-order valence-corrected chi connectivity index (χ4v) is 14.2. The zero-order valence-corrected chi connectivity index (χ0v) is 24.2. The second-order valence-electron chi connectivity index (χ2n) is 13.2. The van der Waals surface area contributed by atoms with E-state index in [4.69, 9.17) is 13.9 Å². The lowest BCUT2D eigenvalue weighted by molar-refractivity contribution is -0.165. The molecule has 1 saturated heterocycles. The van der Waals surface area contributed by atoms with Crippen LogP contribution in [0.25, 0.3) is 0 Å². The molecule has 0 radical (unpaired) electrons. The third-order valence-electron chi connectivity index (χ3n) is 10.5. The van der Waals surface area contributed by atoms with Gasteiger partial charge < -0.3 is 19.0 Å². The minimum atomic E-state index is -2.05. The Balaban J connectivity index is 1.65. The first-order valence-corrected chi connectivity index (χ1v) is 16.0. The molecule has 3 fully saturated rings. The number of carbonyl (C=O) groups excluding carboxylic acids is 1. The van der Waals surface area contributed by atoms with Crippen LogP contribution in [0.15, 0.2) is 23.8 Å². The molecule has 198 valence electrons. The molecule has 35 heavy (non-hydrogen) atoms. The fraction of sp³-hybridized carbons (Fsp3) is 0.828. The molecule has 4 rings (SSSR count). The molecule has 1 spiro atoms. The molecule has 0 aromatic carbocycles. The molecule has 2 saturated carbocycles. The van der Waals surface area contributed by atoms with Crippen molar-refractivity contribution in [1.82, 2.24) is 0 Å². The average Bonchev–Trinajstić information content (AvgIpc) is 3.42. The van der Waals surface area contributed by atoms with Crippen molar-refractivity contribution in [2.75, 3.05) is 19.8 Å². The summed E-state index contributed by atoms with van der Waals surface area (Å²) in [5.41, 5.74) is 1.74. The minimum absolute atomic E-state index is 0.0244. The van der Waals surface area contributed by atoms with Crippen LogP contribution in [-0.2, 0) is 18.7 Å². The van der Waals surface area contributed by atoms with Crippen molar-refractivity contribution in [1.29, 1.82) is 0 Å². The Labute approximate surface area is 213 Å². The second kappa shape index (κ2) is 9.41. The molecule has 1 N–H and O–H groups in total. The Morgan fingerprint density at radius 1 is 1.11 bits per heavy atom. The molecule has 0 unspecified atom stereocenters. The van der Waals surface area contributed by atoms with Crippen LogP contribution in [0.5, 0.6) is 0 Å². The lowest BCUT2D eigenvalue weighted by Gasteiger charge is -2.61. The van der Waals surface area contributed by atoms with Crippen LogP contribution >= 0.6 is 0 Å². The van der Waals surface area contributed by atoms with Crippen LogP contribution in [0.1, 0.15) is 81.1 Å². The van der Waals surface area contributed by atoms with Gasteiger partial charge in [-0.15, -0.1) is 0 Å². The van der Waals surface area contributed by atoms with Gasteiger partial charge in [0.05, 0.1) is 23.9 Å². The minimum Gasteiger partial charge on any atom is -0.458 e. The molecule has 6 atom stereocenters. The number of epoxide rings is 1. The lowest BCUT2D eigenvalue weighted by Crippen LogP contribution is -2.61. The van der Waals surface area contributed by atoms with Crippen molar-refractivity contribution in [3.8, 4) is 0 Å². The van der Waals surface area contributed by atoms with Crippen molar-refractivity contribution < 1.29 is 23.8 Å². The van der Waals surface area contributed by atoms with Crippen LogP contribution < -0.4 is 0 Å². The maximum absolute atomic E-state index is 12.1. The molecule has 2 aliphatic carbocycles. The van der Waals surface area contributed by atoms with E-state index in [1.807, 2.05) is 12.2 Å². The summed E-state index contributed by atoms with van der Waals surface area (Å²) in [6, 6.07) is 0. The van der Waals surface area contributed by atoms with Gasteiger partial charge in [0.15, 0.2) is 8.32 Å². The summed E-state index contributed by atoms with van der Waals surface area (Å²) < 4.78 is 18.4. The Morgan fingerprint density at radius 2 is 1.74 bits per heavy atom. The molecule has 4 aliphatic rings. The molecule has 0 amide bonds. The van der Waals surface area contributed by atoms with Gasteiger partial charge in [-0.1, -0.05) is 67.5 Å². The third-order valence-corrected chi connectivity index (χ3v) is 16.6. The Morgan fingerprint density at radius 3 is 2.26 bits per heavy atom. The number of cyclic esters (lactones) is 1. The Bertz CT molecular complexity index is 851. The lowest BCUT2D eigenvalue weighted by atomic mass is 9.45. The number of aliphatic hydroxyl groups excluding tert-OH is 1. The van der Waals surface area contributed by atoms with Crippen molar-refractivity contribution in [3.05, 3.63) is 23.8 Å². The number of carbonyl (C=O) groups is 1. The summed E-state index contributed by atoms with van der Waals surface area (Å²) in [4.78, 5) is 12.1. The highest BCUT2D eigenvalue weighted by molar-refractivity contribution is 6.77. The zero-order chi connectivity index (χ0) is 25.8. The molecular weight excluding hydrogens is 456 g/mol. The van der Waals surface area contributed by atoms with Gasteiger partial charge in [0, 0.05) is 17.9 Å². The molecule has 0 aromatic heterocycles. The van der Waals surface area contributed by atoms with Gasteiger partial charge in [-0.05, 0) is 59.7 Å². The van der Waals surface area contributed by atoms with Crippen LogP contribution in [0.4, 0.5) is 0 Å². The van der Waals surface area contributed by atoms with Crippen LogP contribution in [0, 0.1) is 22.7 Å². The molecule has 2 aliphatic heterocycles. The monoisotopic (exact) mass is 504 g/mol. The smallest absolute Gasteiger partial charge is 0.338 e. The highest BCUT2D eigenvalue weighted by atomic mass is 28.4. The van der Waals surface area contributed by atoms with Crippen molar-refractivity contribution in [3.63, 3.8) is 0 Å². The summed E-state index contributed by atoms with van der Waals surface area (Å²) >= 11 is 0. The average molecular weight is 505 g/mol. The van der Waals surface area contributed by atoms with Crippen molar-refractivity contribution >= 4 is 14.3 Å². The normalized spacial score (nSPS) is 39.6. The van der Waals surface area contributed by atoms with Crippen LogP contribution in [-0.4, -0.2) is 50.9 Å². The predicted octanol–water partition coefficient (Wildman–Crippen LogP) is 6.18. The second-order valence-corrected chi connectivity index (χ2v) is 18.7. The first-order valence-electron chi connectivity index (χ1n) is 13.8. The van der Waals surface area contributed by atoms with Crippen molar-refractivity contribution in [2.24, 2.45) is 22.7 Å². The van der Waals surface area contributed by atoms with Gasteiger partial charge in [0.1, 0.15) is 6.61 Å². The summed E-state index contributed by atoms with van der Waals surface area (Å²) in [6.07, 6.45) is 9.45. The van der Waals surface area contributed by atoms with E-state index >= 15 is 0 Å². The first kappa shape index (κ1) is 27.1. The van der Waals surface area contributed by atoms with Gasteiger partial charge in [-0.25, -0.2) is 4.79 Å². The molecule has 5 nitrogen and oxygen atoms in total. The quantitative estimate of drug-likeness (QED) is 0.243. The highest BCUT2D eigenvalue weighted by Crippen LogP contribution is 2.66. The van der Waals surface area contributed by atoms with E-state index in [0.717, 1.165) is 32.3 Å². The number of rotatable bonds is 8. The van der Waals surface area contributed by atoms with Crippen LogP contribution in [0.3, 0.4) is 0 Å². The first-order chi connectivity index (χ1) is 16.3. The molecule has 0 aromatic rings. The van der Waals surface area contributed by atoms with Gasteiger partial charge in [0.2, 0.25) is 0 Å². The van der Waals surface area contributed by atoms with Gasteiger partial charge in [0.25, 0.3) is 0 Å². The van der Waals surface area contributed by atoms with Gasteiger partial charge in [-0.2, -0.15) is 0 Å². The fourth-order valence-electron chi connectivity index (χ4n) is 8.61. The predicted molar refractivity (Wildman–Crippen MR) is 142 cm³/mol. The molecule has 2 heterocycles. The van der Waals surface area contributed by atoms with E-state index in [1.54, 1.807) is 0 Å². The van der Waals surface area contributed by atoms with E-state index in [2.05, 4.69) is 61.5 Å². The molecule has 0 bridgehead atoms. The Hall–Kier alpha value is -0.953. The van der Waals surface area contributed by atoms with Crippen molar-refractivity contribution in [2.45, 2.75) is 109 Å². The summed E-state index contributed by atoms with van der Waals surface area (Å²) in [5, 5.41) is 11.5. The number of hydrogen-bond acceptors (Lipinski definition) is 5. The topological polar surface area (TPSA) is 68.3 Å². The number of fused-ring (bicyclic) bond motifs is 1. The van der Waals surface area contributed by atoms with E-state index < -0.39 is 8.32 Å². The number of hydrogen-bond donors (Lipinski definition) is 1. The largest absolute Gasteiger partial charge is 0.458 e. The summed E-state index contributed by atoms with van der Waals surface area (Å²) in [5.74, 6) is 0.294. The van der Waals surface area contributed by atoms with E-state index in [-0.39, 0.29) is 34.4 Å². The van der Waals surface area contributed by atoms with Gasteiger partial charge in [-0.3, -0.25) is 0 Å². The standard InChI is InChI=1S/C29H48O5Si/c1-19(2)35(20(3)4,21(5)6)34-17-28(8)23-11-15-29(18-33-29)24(27(23,7)14-12-25(28)30)10-9-22-13-16-32-26(22)31/h9-10,13,19-21,23-25,30H,11-12,14-18H2,1-8H3/b10-9+/t23-,24-,25+,27+,28-,29+/m0/s1.